The van der Waals surface area contributed by atoms with E-state index in [2.05, 4.69) is 10.6 Å². The zero-order valence-electron chi connectivity index (χ0n) is 14.4. The van der Waals surface area contributed by atoms with E-state index in [0.29, 0.717) is 0 Å². The van der Waals surface area contributed by atoms with E-state index >= 15 is 0 Å². The van der Waals surface area contributed by atoms with E-state index < -0.39 is 41.9 Å². The molecule has 0 spiro atoms. The van der Waals surface area contributed by atoms with Crippen molar-refractivity contribution in [2.45, 2.75) is 37.8 Å². The first-order valence-corrected chi connectivity index (χ1v) is 8.51. The minimum Gasteiger partial charge on any atom is -0.480 e. The Labute approximate surface area is 150 Å². The minimum absolute atomic E-state index is 0.0943. The average molecular weight is 359 g/mol. The maximum Gasteiger partial charge on any atom is 0.326 e. The molecule has 1 aliphatic carbocycles. The smallest absolute Gasteiger partial charge is 0.326 e. The van der Waals surface area contributed by atoms with Crippen LogP contribution in [0.5, 0.6) is 0 Å². The van der Waals surface area contributed by atoms with Gasteiger partial charge in [-0.25, -0.2) is 9.59 Å². The highest BCUT2D eigenvalue weighted by Gasteiger charge is 2.56. The predicted molar refractivity (Wildman–Crippen MR) is 91.1 cm³/mol. The van der Waals surface area contributed by atoms with E-state index in [4.69, 9.17) is 0 Å². The average Bonchev–Trinajstić information content (AvgIpc) is 3.41. The monoisotopic (exact) mass is 359 g/mol. The van der Waals surface area contributed by atoms with Gasteiger partial charge >= 0.3 is 12.0 Å². The maximum atomic E-state index is 12.5. The van der Waals surface area contributed by atoms with Crippen LogP contribution in [0.1, 0.15) is 25.3 Å². The van der Waals surface area contributed by atoms with E-state index in [1.807, 2.05) is 6.07 Å². The van der Waals surface area contributed by atoms with Gasteiger partial charge in [-0.2, -0.15) is 0 Å². The number of carboxylic acids is 1. The number of rotatable bonds is 7. The second kappa shape index (κ2) is 6.78. The van der Waals surface area contributed by atoms with Crippen molar-refractivity contribution in [3.05, 3.63) is 35.9 Å². The molecule has 1 aromatic rings. The van der Waals surface area contributed by atoms with Crippen molar-refractivity contribution in [1.82, 2.24) is 15.5 Å². The van der Waals surface area contributed by atoms with Crippen molar-refractivity contribution in [2.75, 3.05) is 6.54 Å². The van der Waals surface area contributed by atoms with Crippen LogP contribution in [0.25, 0.3) is 0 Å². The third-order valence-corrected chi connectivity index (χ3v) is 4.91. The Morgan fingerprint density at radius 1 is 1.31 bits per heavy atom. The fourth-order valence-corrected chi connectivity index (χ4v) is 3.23. The Bertz CT molecular complexity index is 746. The van der Waals surface area contributed by atoms with Crippen LogP contribution in [0.2, 0.25) is 0 Å². The highest BCUT2D eigenvalue weighted by atomic mass is 16.4. The number of carbonyl (C=O) groups excluding carboxylic acids is 3. The number of aliphatic carboxylic acids is 1. The van der Waals surface area contributed by atoms with Gasteiger partial charge in [0.1, 0.15) is 18.1 Å². The zero-order valence-corrected chi connectivity index (χ0v) is 14.4. The summed E-state index contributed by atoms with van der Waals surface area (Å²) in [4.78, 5) is 49.1. The summed E-state index contributed by atoms with van der Waals surface area (Å²) in [7, 11) is 0. The first-order chi connectivity index (χ1) is 12.3. The quantitative estimate of drug-likeness (QED) is 0.614. The molecule has 138 valence electrons. The third-order valence-electron chi connectivity index (χ3n) is 4.91. The molecule has 2 aliphatic rings. The molecule has 8 heteroatoms. The SMILES string of the molecule is CC1(C2CC2)NC(=O)N(CC(=O)N[C@H](Cc2ccccc2)C(=O)O)C1=O. The van der Waals surface area contributed by atoms with Gasteiger partial charge in [-0.15, -0.1) is 0 Å². The van der Waals surface area contributed by atoms with Gasteiger partial charge in [0.2, 0.25) is 5.91 Å². The molecule has 2 atom stereocenters. The first kappa shape index (κ1) is 17.9. The van der Waals surface area contributed by atoms with Crippen molar-refractivity contribution in [3.63, 3.8) is 0 Å². The van der Waals surface area contributed by atoms with Crippen LogP contribution in [0.4, 0.5) is 4.79 Å². The highest BCUT2D eigenvalue weighted by Crippen LogP contribution is 2.42. The summed E-state index contributed by atoms with van der Waals surface area (Å²) in [5, 5.41) is 14.4. The number of urea groups is 1. The van der Waals surface area contributed by atoms with E-state index in [0.717, 1.165) is 23.3 Å². The molecule has 1 aromatic carbocycles. The summed E-state index contributed by atoms with van der Waals surface area (Å²) < 4.78 is 0. The minimum atomic E-state index is -1.18. The molecule has 0 aromatic heterocycles. The third kappa shape index (κ3) is 3.54. The number of nitrogens with zero attached hydrogens (tertiary/aromatic N) is 1. The molecule has 1 saturated heterocycles. The number of nitrogens with one attached hydrogen (secondary N) is 2. The largest absolute Gasteiger partial charge is 0.480 e. The van der Waals surface area contributed by atoms with E-state index in [1.54, 1.807) is 31.2 Å². The first-order valence-electron chi connectivity index (χ1n) is 8.51. The van der Waals surface area contributed by atoms with E-state index in [9.17, 15) is 24.3 Å². The van der Waals surface area contributed by atoms with Crippen molar-refractivity contribution < 1.29 is 24.3 Å². The number of imide groups is 1. The van der Waals surface area contributed by atoms with Gasteiger partial charge in [0, 0.05) is 6.42 Å². The molecule has 2 fully saturated rings. The second-order valence-electron chi connectivity index (χ2n) is 6.95. The van der Waals surface area contributed by atoms with Crippen molar-refractivity contribution in [2.24, 2.45) is 5.92 Å². The van der Waals surface area contributed by atoms with Gasteiger partial charge in [0.25, 0.3) is 5.91 Å². The lowest BCUT2D eigenvalue weighted by Gasteiger charge is -2.21. The fraction of sp³-hybridized carbons (Fsp3) is 0.444. The van der Waals surface area contributed by atoms with Crippen LogP contribution >= 0.6 is 0 Å². The Morgan fingerprint density at radius 2 is 1.96 bits per heavy atom. The molecular formula is C18H21N3O5. The van der Waals surface area contributed by atoms with Gasteiger partial charge in [-0.1, -0.05) is 30.3 Å². The molecule has 8 nitrogen and oxygen atoms in total. The van der Waals surface area contributed by atoms with E-state index in [-0.39, 0.29) is 12.3 Å². The zero-order chi connectivity index (χ0) is 18.9. The molecular weight excluding hydrogens is 338 g/mol. The van der Waals surface area contributed by atoms with Gasteiger partial charge in [-0.05, 0) is 31.2 Å². The molecule has 0 radical (unpaired) electrons. The highest BCUT2D eigenvalue weighted by molar-refractivity contribution is 6.09. The van der Waals surface area contributed by atoms with Crippen LogP contribution in [0, 0.1) is 5.92 Å². The molecule has 0 bridgehead atoms. The van der Waals surface area contributed by atoms with Gasteiger partial charge in [0.15, 0.2) is 0 Å². The van der Waals surface area contributed by atoms with Gasteiger partial charge in [-0.3, -0.25) is 14.5 Å². The van der Waals surface area contributed by atoms with Gasteiger partial charge in [0.05, 0.1) is 0 Å². The standard InChI is InChI=1S/C18H21N3O5/c1-18(12-7-8-12)16(25)21(17(26)20-18)10-14(22)19-13(15(23)24)9-11-5-3-2-4-6-11/h2-6,12-13H,7-10H2,1H3,(H,19,22)(H,20,26)(H,23,24)/t13-,18?/m1/s1. The van der Waals surface area contributed by atoms with Crippen LogP contribution < -0.4 is 10.6 Å². The van der Waals surface area contributed by atoms with Crippen molar-refractivity contribution in [3.8, 4) is 0 Å². The lowest BCUT2D eigenvalue weighted by atomic mass is 9.96. The lowest BCUT2D eigenvalue weighted by Crippen LogP contribution is -2.49. The summed E-state index contributed by atoms with van der Waals surface area (Å²) >= 11 is 0. The topological polar surface area (TPSA) is 116 Å². The fourth-order valence-electron chi connectivity index (χ4n) is 3.23. The number of benzene rings is 1. The summed E-state index contributed by atoms with van der Waals surface area (Å²) in [5.41, 5.74) is -0.204. The summed E-state index contributed by atoms with van der Waals surface area (Å²) in [5.74, 6) is -2.20. The summed E-state index contributed by atoms with van der Waals surface area (Å²) in [6, 6.07) is 7.15. The number of amides is 4. The Balaban J connectivity index is 1.62. The van der Waals surface area contributed by atoms with Crippen LogP contribution in [-0.4, -0.2) is 51.9 Å². The van der Waals surface area contributed by atoms with E-state index in [1.165, 1.54) is 0 Å². The van der Waals surface area contributed by atoms with Gasteiger partial charge < -0.3 is 15.7 Å². The van der Waals surface area contributed by atoms with Crippen molar-refractivity contribution >= 4 is 23.8 Å². The van der Waals surface area contributed by atoms with Crippen LogP contribution in [0.15, 0.2) is 30.3 Å². The molecule has 1 saturated carbocycles. The lowest BCUT2D eigenvalue weighted by molar-refractivity contribution is -0.142. The second-order valence-corrected chi connectivity index (χ2v) is 6.95. The number of carboxylic acid groups (broad SMARTS) is 1. The predicted octanol–water partition coefficient (Wildman–Crippen LogP) is 0.519. The Hall–Kier alpha value is -2.90. The number of hydrogen-bond acceptors (Lipinski definition) is 4. The molecule has 1 heterocycles. The molecule has 26 heavy (non-hydrogen) atoms. The molecule has 1 aliphatic heterocycles. The normalized spacial score (nSPS) is 23.5. The molecule has 1 unspecified atom stereocenters. The molecule has 3 rings (SSSR count). The number of carbonyl (C=O) groups is 4. The Morgan fingerprint density at radius 3 is 2.54 bits per heavy atom. The summed E-state index contributed by atoms with van der Waals surface area (Å²) in [6.45, 7) is 1.17. The number of hydrogen-bond donors (Lipinski definition) is 3. The van der Waals surface area contributed by atoms with Crippen LogP contribution in [-0.2, 0) is 20.8 Å². The maximum absolute atomic E-state index is 12.5. The van der Waals surface area contributed by atoms with Crippen LogP contribution in [0.3, 0.4) is 0 Å². The molecule has 3 N–H and O–H groups in total. The summed E-state index contributed by atoms with van der Waals surface area (Å²) in [6.07, 6.45) is 1.84. The Kier molecular flexibility index (Phi) is 4.67. The molecule has 4 amide bonds. The van der Waals surface area contributed by atoms with Crippen molar-refractivity contribution in [1.29, 1.82) is 0 Å².